The predicted octanol–water partition coefficient (Wildman–Crippen LogP) is 4.03. The molecule has 2 aliphatic rings. The van der Waals surface area contributed by atoms with Crippen LogP contribution < -0.4 is 5.32 Å². The van der Waals surface area contributed by atoms with Gasteiger partial charge in [-0.25, -0.2) is 4.79 Å². The van der Waals surface area contributed by atoms with E-state index in [-0.39, 0.29) is 18.1 Å². The zero-order chi connectivity index (χ0) is 16.7. The maximum atomic E-state index is 11.6. The molecule has 1 N–H and O–H groups in total. The third-order valence-electron chi connectivity index (χ3n) is 5.08. The summed E-state index contributed by atoms with van der Waals surface area (Å²) in [5.74, 6) is 0.101. The number of benzene rings is 2. The first-order chi connectivity index (χ1) is 11.7. The fourth-order valence-electron chi connectivity index (χ4n) is 3.87. The molecule has 2 aromatic rings. The molecule has 1 saturated heterocycles. The Hall–Kier alpha value is -2.33. The highest BCUT2D eigenvalue weighted by molar-refractivity contribution is 5.89. The fraction of sp³-hybridized carbons (Fsp3) is 0.350. The Labute approximate surface area is 141 Å². The molecular weight excluding hydrogens is 302 g/mol. The first-order valence-corrected chi connectivity index (χ1v) is 8.34. The Kier molecular flexibility index (Phi) is 3.77. The number of rotatable bonds is 2. The Balaban J connectivity index is 1.68. The topological polar surface area (TPSA) is 47.6 Å². The van der Waals surface area contributed by atoms with Gasteiger partial charge in [-0.15, -0.1) is 0 Å². The molecule has 24 heavy (non-hydrogen) atoms. The van der Waals surface area contributed by atoms with Gasteiger partial charge in [0.15, 0.2) is 0 Å². The number of aryl methyl sites for hydroxylation is 1. The van der Waals surface area contributed by atoms with Crippen molar-refractivity contribution in [1.29, 1.82) is 0 Å². The summed E-state index contributed by atoms with van der Waals surface area (Å²) in [5.41, 5.74) is 5.41. The molecule has 0 amide bonds. The molecular formula is C20H21NO3. The molecule has 2 heterocycles. The van der Waals surface area contributed by atoms with Gasteiger partial charge in [0.05, 0.1) is 24.8 Å². The molecule has 4 heteroatoms. The minimum atomic E-state index is -0.305. The van der Waals surface area contributed by atoms with Crippen molar-refractivity contribution in [3.8, 4) is 0 Å². The fourth-order valence-corrected chi connectivity index (χ4v) is 3.87. The first kappa shape index (κ1) is 15.2. The summed E-state index contributed by atoms with van der Waals surface area (Å²) in [6.07, 6.45) is 1.18. The van der Waals surface area contributed by atoms with Crippen LogP contribution in [0.25, 0.3) is 0 Å². The number of fused-ring (bicyclic) bond motifs is 3. The second-order valence-corrected chi connectivity index (χ2v) is 6.57. The zero-order valence-corrected chi connectivity index (χ0v) is 13.9. The second kappa shape index (κ2) is 5.95. The van der Waals surface area contributed by atoms with Gasteiger partial charge in [-0.3, -0.25) is 0 Å². The lowest BCUT2D eigenvalue weighted by molar-refractivity contribution is 0.0600. The van der Waals surface area contributed by atoms with Gasteiger partial charge in [0.2, 0.25) is 0 Å². The van der Waals surface area contributed by atoms with Crippen LogP contribution in [0.15, 0.2) is 42.5 Å². The van der Waals surface area contributed by atoms with Crippen LogP contribution in [-0.2, 0) is 9.47 Å². The quantitative estimate of drug-likeness (QED) is 0.848. The van der Waals surface area contributed by atoms with Gasteiger partial charge in [0, 0.05) is 23.8 Å². The van der Waals surface area contributed by atoms with Crippen molar-refractivity contribution in [3.63, 3.8) is 0 Å². The molecule has 4 nitrogen and oxygen atoms in total. The zero-order valence-electron chi connectivity index (χ0n) is 13.9. The normalized spacial score (nSPS) is 24.7. The summed E-state index contributed by atoms with van der Waals surface area (Å²) in [7, 11) is 1.40. The molecule has 0 saturated carbocycles. The summed E-state index contributed by atoms with van der Waals surface area (Å²) in [6.45, 7) is 2.91. The van der Waals surface area contributed by atoms with Crippen molar-refractivity contribution in [3.05, 3.63) is 64.7 Å². The molecule has 0 aliphatic carbocycles. The van der Waals surface area contributed by atoms with Crippen LogP contribution in [0.5, 0.6) is 0 Å². The van der Waals surface area contributed by atoms with Crippen molar-refractivity contribution in [2.75, 3.05) is 19.0 Å². The molecule has 0 bridgehead atoms. The number of anilines is 1. The van der Waals surface area contributed by atoms with E-state index in [0.29, 0.717) is 11.5 Å². The van der Waals surface area contributed by atoms with Crippen LogP contribution in [0.1, 0.15) is 45.6 Å². The molecule has 1 fully saturated rings. The minimum Gasteiger partial charge on any atom is -0.465 e. The molecule has 3 atom stereocenters. The van der Waals surface area contributed by atoms with E-state index in [1.165, 1.54) is 23.8 Å². The number of carbonyl (C=O) groups is 1. The third-order valence-corrected chi connectivity index (χ3v) is 5.08. The van der Waals surface area contributed by atoms with E-state index >= 15 is 0 Å². The Morgan fingerprint density at radius 2 is 2.00 bits per heavy atom. The highest BCUT2D eigenvalue weighted by Crippen LogP contribution is 2.49. The van der Waals surface area contributed by atoms with Crippen molar-refractivity contribution >= 4 is 11.7 Å². The van der Waals surface area contributed by atoms with Gasteiger partial charge in [-0.1, -0.05) is 29.8 Å². The number of hydrogen-bond donors (Lipinski definition) is 1. The molecule has 2 unspecified atom stereocenters. The average molecular weight is 323 g/mol. The van der Waals surface area contributed by atoms with E-state index in [1.54, 1.807) is 0 Å². The van der Waals surface area contributed by atoms with Crippen LogP contribution in [0, 0.1) is 12.8 Å². The number of nitrogens with one attached hydrogen (secondary N) is 1. The molecule has 2 aromatic carbocycles. The molecule has 2 aliphatic heterocycles. The lowest BCUT2D eigenvalue weighted by atomic mass is 9.80. The Bertz CT molecular complexity index is 769. The molecule has 124 valence electrons. The van der Waals surface area contributed by atoms with Gasteiger partial charge in [0.1, 0.15) is 0 Å². The van der Waals surface area contributed by atoms with Crippen LogP contribution in [-0.4, -0.2) is 19.7 Å². The predicted molar refractivity (Wildman–Crippen MR) is 92.1 cm³/mol. The van der Waals surface area contributed by atoms with E-state index in [0.717, 1.165) is 18.7 Å². The van der Waals surface area contributed by atoms with Gasteiger partial charge in [0.25, 0.3) is 0 Å². The molecule has 0 radical (unpaired) electrons. The molecule has 0 spiro atoms. The average Bonchev–Trinajstić information content (AvgIpc) is 3.11. The van der Waals surface area contributed by atoms with Crippen LogP contribution >= 0.6 is 0 Å². The molecule has 0 aromatic heterocycles. The third kappa shape index (κ3) is 2.47. The van der Waals surface area contributed by atoms with Crippen molar-refractivity contribution in [2.24, 2.45) is 5.92 Å². The van der Waals surface area contributed by atoms with Crippen molar-refractivity contribution in [1.82, 2.24) is 0 Å². The summed E-state index contributed by atoms with van der Waals surface area (Å²) in [6, 6.07) is 14.4. The summed E-state index contributed by atoms with van der Waals surface area (Å²) in [4.78, 5) is 11.6. The van der Waals surface area contributed by atoms with E-state index in [1.807, 2.05) is 24.3 Å². The number of methoxy groups -OCH3 is 1. The van der Waals surface area contributed by atoms with E-state index in [9.17, 15) is 4.79 Å². The van der Waals surface area contributed by atoms with E-state index in [4.69, 9.17) is 9.47 Å². The van der Waals surface area contributed by atoms with Gasteiger partial charge >= 0.3 is 5.97 Å². The van der Waals surface area contributed by atoms with Gasteiger partial charge < -0.3 is 14.8 Å². The monoisotopic (exact) mass is 323 g/mol. The molecule has 4 rings (SSSR count). The highest BCUT2D eigenvalue weighted by Gasteiger charge is 2.41. The summed E-state index contributed by atoms with van der Waals surface area (Å²) < 4.78 is 10.8. The van der Waals surface area contributed by atoms with Crippen LogP contribution in [0.4, 0.5) is 5.69 Å². The number of esters is 1. The lowest BCUT2D eigenvalue weighted by Crippen LogP contribution is -2.29. The number of hydrogen-bond acceptors (Lipinski definition) is 4. The SMILES string of the molecule is COC(=O)c1ccc([C@@H]2Nc3ccc(C)cc3C3OCCC32)cc1. The Morgan fingerprint density at radius 3 is 2.75 bits per heavy atom. The lowest BCUT2D eigenvalue weighted by Gasteiger charge is -2.36. The van der Waals surface area contributed by atoms with Gasteiger partial charge in [-0.2, -0.15) is 0 Å². The summed E-state index contributed by atoms with van der Waals surface area (Å²) >= 11 is 0. The summed E-state index contributed by atoms with van der Waals surface area (Å²) in [5, 5.41) is 3.68. The van der Waals surface area contributed by atoms with Gasteiger partial charge in [-0.05, 0) is 37.1 Å². The highest BCUT2D eigenvalue weighted by atomic mass is 16.5. The van der Waals surface area contributed by atoms with E-state index in [2.05, 4.69) is 30.4 Å². The first-order valence-electron chi connectivity index (χ1n) is 8.34. The van der Waals surface area contributed by atoms with Crippen LogP contribution in [0.3, 0.4) is 0 Å². The minimum absolute atomic E-state index is 0.145. The van der Waals surface area contributed by atoms with E-state index < -0.39 is 0 Å². The van der Waals surface area contributed by atoms with Crippen molar-refractivity contribution < 1.29 is 14.3 Å². The standard InChI is InChI=1S/C20H21NO3/c1-12-3-8-17-16(11-12)19-15(9-10-24-19)18(21-17)13-4-6-14(7-5-13)20(22)23-2/h3-8,11,15,18-19,21H,9-10H2,1-2H3/t15?,18-,19?/m0/s1. The number of ether oxygens (including phenoxy) is 2. The maximum Gasteiger partial charge on any atom is 0.337 e. The van der Waals surface area contributed by atoms with Crippen LogP contribution in [0.2, 0.25) is 0 Å². The maximum absolute atomic E-state index is 11.6. The largest absolute Gasteiger partial charge is 0.465 e. The number of carbonyl (C=O) groups excluding carboxylic acids is 1. The Morgan fingerprint density at radius 1 is 1.21 bits per heavy atom. The van der Waals surface area contributed by atoms with Crippen molar-refractivity contribution in [2.45, 2.75) is 25.5 Å². The second-order valence-electron chi connectivity index (χ2n) is 6.57. The smallest absolute Gasteiger partial charge is 0.337 e.